The molecule has 0 aliphatic carbocycles. The van der Waals surface area contributed by atoms with Crippen LogP contribution in [0.5, 0.6) is 11.5 Å². The Balaban J connectivity index is 1.76. The molecule has 0 saturated heterocycles. The van der Waals surface area contributed by atoms with Gasteiger partial charge >= 0.3 is 12.1 Å². The van der Waals surface area contributed by atoms with Gasteiger partial charge < -0.3 is 18.9 Å². The van der Waals surface area contributed by atoms with E-state index in [4.69, 9.17) is 18.9 Å². The largest absolute Gasteiger partial charge is 0.496 e. The third kappa shape index (κ3) is 5.33. The topological polar surface area (TPSA) is 74.3 Å². The first-order valence-electron chi connectivity index (χ1n) is 10.7. The minimum absolute atomic E-state index is 0.210. The van der Waals surface area contributed by atoms with E-state index >= 15 is 0 Å². The Morgan fingerprint density at radius 1 is 1.12 bits per heavy atom. The van der Waals surface area contributed by atoms with Crippen LogP contribution >= 0.6 is 0 Å². The van der Waals surface area contributed by atoms with E-state index in [2.05, 4.69) is 0 Å². The van der Waals surface area contributed by atoms with E-state index in [1.807, 2.05) is 57.2 Å². The third-order valence-corrected chi connectivity index (χ3v) is 5.41. The monoisotopic (exact) mass is 441 g/mol. The number of nitrogens with zero attached hydrogens (tertiary/aromatic N) is 1. The molecule has 0 N–H and O–H groups in total. The quantitative estimate of drug-likeness (QED) is 0.591. The van der Waals surface area contributed by atoms with Crippen LogP contribution < -0.4 is 9.47 Å². The second-order valence-electron chi connectivity index (χ2n) is 8.29. The zero-order valence-electron chi connectivity index (χ0n) is 19.3. The highest BCUT2D eigenvalue weighted by molar-refractivity contribution is 5.84. The summed E-state index contributed by atoms with van der Waals surface area (Å²) < 4.78 is 21.6. The van der Waals surface area contributed by atoms with Gasteiger partial charge in [-0.25, -0.2) is 9.59 Å². The number of benzene rings is 2. The lowest BCUT2D eigenvalue weighted by molar-refractivity contribution is -0.147. The fraction of sp³-hybridized carbons (Fsp3) is 0.440. The highest BCUT2D eigenvalue weighted by atomic mass is 16.6. The Labute approximate surface area is 189 Å². The van der Waals surface area contributed by atoms with E-state index in [9.17, 15) is 9.59 Å². The van der Waals surface area contributed by atoms with Crippen LogP contribution in [0.4, 0.5) is 4.79 Å². The molecule has 2 aromatic carbocycles. The second kappa shape index (κ2) is 10.4. The Hall–Kier alpha value is -3.22. The predicted molar refractivity (Wildman–Crippen MR) is 120 cm³/mol. The molecule has 1 unspecified atom stereocenters. The van der Waals surface area contributed by atoms with Crippen molar-refractivity contribution in [3.05, 3.63) is 58.7 Å². The van der Waals surface area contributed by atoms with E-state index < -0.39 is 18.1 Å². The number of amides is 1. The zero-order chi connectivity index (χ0) is 23.3. The van der Waals surface area contributed by atoms with E-state index in [-0.39, 0.29) is 5.92 Å². The fourth-order valence-corrected chi connectivity index (χ4v) is 3.77. The molecule has 172 valence electrons. The summed E-state index contributed by atoms with van der Waals surface area (Å²) in [6.45, 7) is 7.00. The highest BCUT2D eigenvalue weighted by Gasteiger charge is 2.37. The van der Waals surface area contributed by atoms with Crippen molar-refractivity contribution >= 4 is 12.1 Å². The average molecular weight is 442 g/mol. The number of hydrogen-bond acceptors (Lipinski definition) is 6. The van der Waals surface area contributed by atoms with E-state index in [0.717, 1.165) is 28.0 Å². The molecule has 3 rings (SSSR count). The fourth-order valence-electron chi connectivity index (χ4n) is 3.77. The number of carbonyl (C=O) groups excluding carboxylic acids is 2. The zero-order valence-corrected chi connectivity index (χ0v) is 19.3. The Kier molecular flexibility index (Phi) is 7.62. The molecule has 0 saturated carbocycles. The van der Waals surface area contributed by atoms with Gasteiger partial charge in [0.05, 0.1) is 20.8 Å². The normalized spacial score (nSPS) is 15.2. The molecular formula is C25H31NO6. The van der Waals surface area contributed by atoms with Crippen molar-refractivity contribution in [1.82, 2.24) is 4.90 Å². The summed E-state index contributed by atoms with van der Waals surface area (Å²) in [7, 11) is 2.97. The van der Waals surface area contributed by atoms with Crippen LogP contribution in [0.15, 0.2) is 36.4 Å². The van der Waals surface area contributed by atoms with Crippen LogP contribution in [0.2, 0.25) is 0 Å². The van der Waals surface area contributed by atoms with Gasteiger partial charge in [-0.1, -0.05) is 26.0 Å². The molecule has 0 spiro atoms. The minimum Gasteiger partial charge on any atom is -0.496 e. The van der Waals surface area contributed by atoms with Gasteiger partial charge in [-0.2, -0.15) is 0 Å². The van der Waals surface area contributed by atoms with Gasteiger partial charge in [0, 0.05) is 6.54 Å². The SMILES string of the molecule is COC(=O)C1c2ccc(OCc3ccc(OC)c(C)c3)cc2CCN1C(=O)OCC(C)C. The van der Waals surface area contributed by atoms with E-state index in [0.29, 0.717) is 31.9 Å². The lowest BCUT2D eigenvalue weighted by atomic mass is 9.92. The van der Waals surface area contributed by atoms with Gasteiger partial charge in [-0.05, 0) is 65.8 Å². The van der Waals surface area contributed by atoms with Crippen LogP contribution in [0.25, 0.3) is 0 Å². The van der Waals surface area contributed by atoms with Gasteiger partial charge in [0.25, 0.3) is 0 Å². The number of ether oxygens (including phenoxy) is 4. The lowest BCUT2D eigenvalue weighted by Gasteiger charge is -2.35. The van der Waals surface area contributed by atoms with Gasteiger partial charge in [0.2, 0.25) is 0 Å². The molecule has 7 heteroatoms. The van der Waals surface area contributed by atoms with Crippen molar-refractivity contribution in [1.29, 1.82) is 0 Å². The van der Waals surface area contributed by atoms with E-state index in [1.54, 1.807) is 7.11 Å². The molecule has 0 aromatic heterocycles. The van der Waals surface area contributed by atoms with Gasteiger partial charge in [0.1, 0.15) is 18.1 Å². The summed E-state index contributed by atoms with van der Waals surface area (Å²) in [5, 5.41) is 0. The summed E-state index contributed by atoms with van der Waals surface area (Å²) in [6, 6.07) is 10.7. The molecule has 32 heavy (non-hydrogen) atoms. The molecule has 1 aliphatic rings. The Bertz CT molecular complexity index is 971. The first kappa shape index (κ1) is 23.4. The average Bonchev–Trinajstić information content (AvgIpc) is 2.79. The van der Waals surface area contributed by atoms with Crippen molar-refractivity contribution in [3.63, 3.8) is 0 Å². The first-order valence-corrected chi connectivity index (χ1v) is 10.7. The number of aryl methyl sites for hydroxylation is 1. The molecule has 1 heterocycles. The number of hydrogen-bond donors (Lipinski definition) is 0. The van der Waals surface area contributed by atoms with Crippen LogP contribution in [0.1, 0.15) is 42.1 Å². The van der Waals surface area contributed by atoms with E-state index in [1.165, 1.54) is 12.0 Å². The first-order chi connectivity index (χ1) is 15.3. The maximum Gasteiger partial charge on any atom is 0.410 e. The molecule has 0 fully saturated rings. The van der Waals surface area contributed by atoms with Crippen molar-refractivity contribution in [3.8, 4) is 11.5 Å². The number of carbonyl (C=O) groups is 2. The summed E-state index contributed by atoms with van der Waals surface area (Å²) in [4.78, 5) is 26.6. The van der Waals surface area contributed by atoms with Crippen molar-refractivity contribution in [2.75, 3.05) is 27.4 Å². The maximum absolute atomic E-state index is 12.6. The predicted octanol–water partition coefficient (Wildman–Crippen LogP) is 4.45. The molecule has 2 aromatic rings. The molecule has 0 radical (unpaired) electrons. The lowest BCUT2D eigenvalue weighted by Crippen LogP contribution is -2.44. The van der Waals surface area contributed by atoms with Crippen LogP contribution in [0, 0.1) is 12.8 Å². The second-order valence-corrected chi connectivity index (χ2v) is 8.29. The minimum atomic E-state index is -0.832. The van der Waals surface area contributed by atoms with Crippen molar-refractivity contribution in [2.24, 2.45) is 5.92 Å². The molecular weight excluding hydrogens is 410 g/mol. The number of methoxy groups -OCH3 is 2. The number of fused-ring (bicyclic) bond motifs is 1. The number of rotatable bonds is 7. The Morgan fingerprint density at radius 2 is 1.91 bits per heavy atom. The van der Waals surface area contributed by atoms with Crippen molar-refractivity contribution in [2.45, 2.75) is 39.8 Å². The van der Waals surface area contributed by atoms with Crippen LogP contribution in [-0.2, 0) is 27.3 Å². The molecule has 7 nitrogen and oxygen atoms in total. The Morgan fingerprint density at radius 3 is 2.56 bits per heavy atom. The molecule has 1 atom stereocenters. The van der Waals surface area contributed by atoms with Crippen LogP contribution in [0.3, 0.4) is 0 Å². The summed E-state index contributed by atoms with van der Waals surface area (Å²) in [6.07, 6.45) is 0.0910. The van der Waals surface area contributed by atoms with Gasteiger partial charge in [-0.15, -0.1) is 0 Å². The van der Waals surface area contributed by atoms with Crippen LogP contribution in [-0.4, -0.2) is 44.3 Å². The van der Waals surface area contributed by atoms with Gasteiger partial charge in [0.15, 0.2) is 6.04 Å². The summed E-state index contributed by atoms with van der Waals surface area (Å²) in [5.74, 6) is 1.26. The van der Waals surface area contributed by atoms with Gasteiger partial charge in [-0.3, -0.25) is 4.90 Å². The standard InChI is InChI=1S/C25H31NO6/c1-16(2)14-32-25(28)26-11-10-19-13-20(7-8-21(19)23(26)24(27)30-5)31-15-18-6-9-22(29-4)17(3)12-18/h6-9,12-13,16,23H,10-11,14-15H2,1-5H3. The number of esters is 1. The smallest absolute Gasteiger partial charge is 0.410 e. The molecule has 0 bridgehead atoms. The maximum atomic E-state index is 12.6. The third-order valence-electron chi connectivity index (χ3n) is 5.41. The molecule has 1 aliphatic heterocycles. The highest BCUT2D eigenvalue weighted by Crippen LogP contribution is 2.34. The molecule has 1 amide bonds. The van der Waals surface area contributed by atoms with Crippen molar-refractivity contribution < 1.29 is 28.5 Å². The summed E-state index contributed by atoms with van der Waals surface area (Å²) in [5.41, 5.74) is 3.77. The summed E-state index contributed by atoms with van der Waals surface area (Å²) >= 11 is 0.